The zero-order chi connectivity index (χ0) is 11.4. The van der Waals surface area contributed by atoms with E-state index in [0.717, 1.165) is 5.56 Å². The number of carboxylic acids is 1. The largest absolute Gasteiger partial charge is 0.481 e. The predicted molar refractivity (Wildman–Crippen MR) is 56.4 cm³/mol. The van der Waals surface area contributed by atoms with Crippen LogP contribution in [0, 0.1) is 19.7 Å². The molecule has 0 aliphatic carbocycles. The summed E-state index contributed by atoms with van der Waals surface area (Å²) >= 11 is 0. The fourth-order valence-electron chi connectivity index (χ4n) is 1.62. The minimum atomic E-state index is -0.787. The molecule has 0 aliphatic heterocycles. The lowest BCUT2D eigenvalue weighted by Crippen LogP contribution is -1.97. The lowest BCUT2D eigenvalue weighted by Gasteiger charge is -2.05. The minimum absolute atomic E-state index is 0.162. The number of aliphatic carboxylic acids is 1. The first-order valence-electron chi connectivity index (χ1n) is 4.98. The molecule has 0 saturated heterocycles. The molecule has 1 rings (SSSR count). The highest BCUT2D eigenvalue weighted by atomic mass is 19.1. The summed E-state index contributed by atoms with van der Waals surface area (Å²) in [7, 11) is 0. The number of carboxylic acid groups (broad SMARTS) is 1. The molecule has 0 heterocycles. The number of halogens is 1. The van der Waals surface area contributed by atoms with E-state index in [0.29, 0.717) is 24.0 Å². The number of benzene rings is 1. The molecule has 0 radical (unpaired) electrons. The maximum Gasteiger partial charge on any atom is 0.303 e. The summed E-state index contributed by atoms with van der Waals surface area (Å²) < 4.78 is 13.3. The van der Waals surface area contributed by atoms with E-state index >= 15 is 0 Å². The summed E-state index contributed by atoms with van der Waals surface area (Å²) in [5, 5.41) is 8.48. The SMILES string of the molecule is Cc1cc(CCCC(=O)O)cc(C)c1F. The second-order valence-electron chi connectivity index (χ2n) is 3.79. The molecule has 0 unspecified atom stereocenters. The monoisotopic (exact) mass is 210 g/mol. The van der Waals surface area contributed by atoms with Crippen molar-refractivity contribution in [3.05, 3.63) is 34.6 Å². The van der Waals surface area contributed by atoms with Crippen LogP contribution in [0.5, 0.6) is 0 Å². The minimum Gasteiger partial charge on any atom is -0.481 e. The van der Waals surface area contributed by atoms with E-state index in [1.165, 1.54) is 0 Å². The van der Waals surface area contributed by atoms with Crippen LogP contribution in [-0.2, 0) is 11.2 Å². The second-order valence-corrected chi connectivity index (χ2v) is 3.79. The van der Waals surface area contributed by atoms with E-state index in [4.69, 9.17) is 5.11 Å². The average molecular weight is 210 g/mol. The number of hydrogen-bond donors (Lipinski definition) is 1. The maximum absolute atomic E-state index is 13.3. The van der Waals surface area contributed by atoms with Crippen LogP contribution in [0.15, 0.2) is 12.1 Å². The van der Waals surface area contributed by atoms with Gasteiger partial charge in [-0.15, -0.1) is 0 Å². The van der Waals surface area contributed by atoms with Crippen LogP contribution in [0.2, 0.25) is 0 Å². The van der Waals surface area contributed by atoms with Gasteiger partial charge in [0.15, 0.2) is 0 Å². The molecule has 0 atom stereocenters. The third kappa shape index (κ3) is 3.35. The van der Waals surface area contributed by atoms with Gasteiger partial charge in [-0.3, -0.25) is 4.79 Å². The van der Waals surface area contributed by atoms with Gasteiger partial charge in [-0.05, 0) is 43.4 Å². The molecule has 0 bridgehead atoms. The van der Waals surface area contributed by atoms with E-state index < -0.39 is 5.97 Å². The van der Waals surface area contributed by atoms with Gasteiger partial charge in [-0.1, -0.05) is 12.1 Å². The first-order chi connectivity index (χ1) is 7.00. The van der Waals surface area contributed by atoms with E-state index in [-0.39, 0.29) is 12.2 Å². The normalized spacial score (nSPS) is 10.3. The van der Waals surface area contributed by atoms with Gasteiger partial charge >= 0.3 is 5.97 Å². The molecular weight excluding hydrogens is 195 g/mol. The van der Waals surface area contributed by atoms with Gasteiger partial charge in [-0.25, -0.2) is 4.39 Å². The van der Waals surface area contributed by atoms with Crippen molar-refractivity contribution in [2.75, 3.05) is 0 Å². The van der Waals surface area contributed by atoms with Crippen LogP contribution in [0.4, 0.5) is 4.39 Å². The summed E-state index contributed by atoms with van der Waals surface area (Å²) in [6.07, 6.45) is 1.45. The highest BCUT2D eigenvalue weighted by Crippen LogP contribution is 2.16. The Morgan fingerprint density at radius 2 is 1.87 bits per heavy atom. The standard InChI is InChI=1S/C12H15FO2/c1-8-6-10(4-3-5-11(14)15)7-9(2)12(8)13/h6-7H,3-5H2,1-2H3,(H,14,15). The van der Waals surface area contributed by atoms with Crippen molar-refractivity contribution in [3.63, 3.8) is 0 Å². The molecule has 0 fully saturated rings. The summed E-state index contributed by atoms with van der Waals surface area (Å²) in [5.74, 6) is -0.956. The van der Waals surface area contributed by atoms with Gasteiger partial charge in [-0.2, -0.15) is 0 Å². The molecule has 3 heteroatoms. The van der Waals surface area contributed by atoms with E-state index in [1.807, 2.05) is 0 Å². The van der Waals surface area contributed by atoms with E-state index in [1.54, 1.807) is 26.0 Å². The van der Waals surface area contributed by atoms with Crippen molar-refractivity contribution < 1.29 is 14.3 Å². The van der Waals surface area contributed by atoms with Gasteiger partial charge in [0.2, 0.25) is 0 Å². The second kappa shape index (κ2) is 4.91. The first kappa shape index (κ1) is 11.7. The maximum atomic E-state index is 13.3. The van der Waals surface area contributed by atoms with E-state index in [9.17, 15) is 9.18 Å². The molecule has 0 amide bonds. The highest BCUT2D eigenvalue weighted by Gasteiger charge is 2.04. The van der Waals surface area contributed by atoms with Crippen molar-refractivity contribution in [2.45, 2.75) is 33.1 Å². The Balaban J connectivity index is 2.66. The zero-order valence-electron chi connectivity index (χ0n) is 9.01. The molecule has 0 spiro atoms. The molecule has 1 aromatic rings. The average Bonchev–Trinajstić information content (AvgIpc) is 2.13. The molecule has 0 aromatic heterocycles. The molecular formula is C12H15FO2. The summed E-state index contributed by atoms with van der Waals surface area (Å²) in [4.78, 5) is 10.3. The molecule has 1 aromatic carbocycles. The topological polar surface area (TPSA) is 37.3 Å². The number of hydrogen-bond acceptors (Lipinski definition) is 1. The third-order valence-electron chi connectivity index (χ3n) is 2.35. The Kier molecular flexibility index (Phi) is 3.83. The van der Waals surface area contributed by atoms with Crippen molar-refractivity contribution in [2.24, 2.45) is 0 Å². The lowest BCUT2D eigenvalue weighted by atomic mass is 10.0. The summed E-state index contributed by atoms with van der Waals surface area (Å²) in [6.45, 7) is 3.45. The predicted octanol–water partition coefficient (Wildman–Crippen LogP) is 2.85. The first-order valence-corrected chi connectivity index (χ1v) is 4.98. The molecule has 0 aliphatic rings. The Labute approximate surface area is 88.7 Å². The smallest absolute Gasteiger partial charge is 0.303 e. The van der Waals surface area contributed by atoms with E-state index in [2.05, 4.69) is 0 Å². The van der Waals surface area contributed by atoms with Crippen LogP contribution < -0.4 is 0 Å². The van der Waals surface area contributed by atoms with Crippen LogP contribution in [0.3, 0.4) is 0 Å². The number of aryl methyl sites for hydroxylation is 3. The Bertz CT molecular complexity index is 349. The van der Waals surface area contributed by atoms with Crippen molar-refractivity contribution in [1.29, 1.82) is 0 Å². The van der Waals surface area contributed by atoms with Crippen LogP contribution in [0.1, 0.15) is 29.5 Å². The van der Waals surface area contributed by atoms with Gasteiger partial charge in [0.25, 0.3) is 0 Å². The fourth-order valence-corrected chi connectivity index (χ4v) is 1.62. The Morgan fingerprint density at radius 1 is 1.33 bits per heavy atom. The van der Waals surface area contributed by atoms with Gasteiger partial charge in [0.05, 0.1) is 0 Å². The molecule has 15 heavy (non-hydrogen) atoms. The quantitative estimate of drug-likeness (QED) is 0.829. The highest BCUT2D eigenvalue weighted by molar-refractivity contribution is 5.66. The number of carbonyl (C=O) groups is 1. The van der Waals surface area contributed by atoms with Gasteiger partial charge in [0, 0.05) is 6.42 Å². The lowest BCUT2D eigenvalue weighted by molar-refractivity contribution is -0.137. The third-order valence-corrected chi connectivity index (χ3v) is 2.35. The molecule has 1 N–H and O–H groups in total. The van der Waals surface area contributed by atoms with Crippen molar-refractivity contribution in [1.82, 2.24) is 0 Å². The van der Waals surface area contributed by atoms with Crippen LogP contribution in [0.25, 0.3) is 0 Å². The van der Waals surface area contributed by atoms with Crippen LogP contribution >= 0.6 is 0 Å². The Hall–Kier alpha value is -1.38. The van der Waals surface area contributed by atoms with Crippen LogP contribution in [-0.4, -0.2) is 11.1 Å². The van der Waals surface area contributed by atoms with Crippen molar-refractivity contribution >= 4 is 5.97 Å². The Morgan fingerprint density at radius 3 is 2.33 bits per heavy atom. The summed E-state index contributed by atoms with van der Waals surface area (Å²) in [6, 6.07) is 3.56. The molecule has 0 saturated carbocycles. The fraction of sp³-hybridized carbons (Fsp3) is 0.417. The molecule has 2 nitrogen and oxygen atoms in total. The van der Waals surface area contributed by atoms with Gasteiger partial charge in [0.1, 0.15) is 5.82 Å². The zero-order valence-corrected chi connectivity index (χ0v) is 9.01. The summed E-state index contributed by atoms with van der Waals surface area (Å²) in [5.41, 5.74) is 2.26. The van der Waals surface area contributed by atoms with Gasteiger partial charge < -0.3 is 5.11 Å². The molecule has 82 valence electrons. The van der Waals surface area contributed by atoms with Crippen molar-refractivity contribution in [3.8, 4) is 0 Å². The number of rotatable bonds is 4.